The first-order valence-corrected chi connectivity index (χ1v) is 8.03. The average Bonchev–Trinajstić information content (AvgIpc) is 3.15. The van der Waals surface area contributed by atoms with Crippen molar-refractivity contribution in [2.45, 2.75) is 19.1 Å². The second-order valence-corrected chi connectivity index (χ2v) is 5.91. The average molecular weight is 337 g/mol. The van der Waals surface area contributed by atoms with Gasteiger partial charge >= 0.3 is 5.69 Å². The summed E-state index contributed by atoms with van der Waals surface area (Å²) in [5, 5.41) is 11.8. The van der Waals surface area contributed by atoms with Crippen LogP contribution in [-0.2, 0) is 4.74 Å². The molecule has 0 saturated carbocycles. The molecule has 3 aromatic rings. The molecular weight excluding hydrogens is 322 g/mol. The topological polar surface area (TPSA) is 87.3 Å². The van der Waals surface area contributed by atoms with E-state index in [1.54, 1.807) is 6.07 Å². The van der Waals surface area contributed by atoms with E-state index in [1.807, 2.05) is 30.3 Å². The summed E-state index contributed by atoms with van der Waals surface area (Å²) in [7, 11) is 0. The first-order chi connectivity index (χ1) is 12.1. The Bertz CT molecular complexity index is 1010. The molecule has 1 atom stereocenters. The fourth-order valence-electron chi connectivity index (χ4n) is 3.21. The molecule has 0 bridgehead atoms. The van der Waals surface area contributed by atoms with Crippen LogP contribution in [0.2, 0.25) is 0 Å². The highest BCUT2D eigenvalue weighted by atomic mass is 16.6. The first-order valence-electron chi connectivity index (χ1n) is 8.03. The molecule has 0 radical (unpaired) electrons. The van der Waals surface area contributed by atoms with Crippen LogP contribution < -0.4 is 5.69 Å². The van der Waals surface area contributed by atoms with E-state index in [0.717, 1.165) is 18.4 Å². The van der Waals surface area contributed by atoms with Gasteiger partial charge < -0.3 is 4.74 Å². The number of nitrogens with zero attached hydrogens (tertiary/aromatic N) is 3. The lowest BCUT2D eigenvalue weighted by Gasteiger charge is -2.17. The number of hydrogen-bond donors (Lipinski definition) is 0. The molecular formula is C18H15N3O4. The Labute approximate surface area is 142 Å². The van der Waals surface area contributed by atoms with Crippen LogP contribution in [0.3, 0.4) is 0 Å². The summed E-state index contributed by atoms with van der Waals surface area (Å²) in [5.41, 5.74) is 1.33. The number of benzene rings is 2. The smallest absolute Gasteiger partial charge is 0.350 e. The number of hydrogen-bond acceptors (Lipinski definition) is 5. The second-order valence-electron chi connectivity index (χ2n) is 5.91. The molecule has 1 aromatic heterocycles. The zero-order chi connectivity index (χ0) is 17.4. The third-order valence-corrected chi connectivity index (χ3v) is 4.36. The van der Waals surface area contributed by atoms with Gasteiger partial charge in [-0.1, -0.05) is 30.3 Å². The lowest BCUT2D eigenvalue weighted by atomic mass is 10.1. The number of ether oxygens (including phenoxy) is 1. The Hall–Kier alpha value is -3.06. The Morgan fingerprint density at radius 3 is 2.68 bits per heavy atom. The molecule has 25 heavy (non-hydrogen) atoms. The zero-order valence-electron chi connectivity index (χ0n) is 13.3. The summed E-state index contributed by atoms with van der Waals surface area (Å²) >= 11 is 0. The molecule has 2 heterocycles. The lowest BCUT2D eigenvalue weighted by Crippen LogP contribution is -2.27. The van der Waals surface area contributed by atoms with Crippen molar-refractivity contribution in [3.05, 3.63) is 69.1 Å². The van der Waals surface area contributed by atoms with E-state index in [2.05, 4.69) is 4.98 Å². The van der Waals surface area contributed by atoms with Gasteiger partial charge in [0.1, 0.15) is 6.23 Å². The molecule has 1 aliphatic heterocycles. The summed E-state index contributed by atoms with van der Waals surface area (Å²) in [4.78, 5) is 27.6. The van der Waals surface area contributed by atoms with E-state index in [4.69, 9.17) is 4.74 Å². The minimum atomic E-state index is -0.449. The summed E-state index contributed by atoms with van der Waals surface area (Å²) in [5.74, 6) is 0. The van der Waals surface area contributed by atoms with Crippen LogP contribution in [0.25, 0.3) is 22.2 Å². The van der Waals surface area contributed by atoms with E-state index in [0.29, 0.717) is 23.2 Å². The number of nitro benzene ring substituents is 1. The van der Waals surface area contributed by atoms with Crippen LogP contribution in [0.15, 0.2) is 53.3 Å². The fraction of sp³-hybridized carbons (Fsp3) is 0.222. The number of aromatic nitrogens is 2. The Kier molecular flexibility index (Phi) is 3.77. The van der Waals surface area contributed by atoms with Gasteiger partial charge in [-0.25, -0.2) is 4.79 Å². The predicted molar refractivity (Wildman–Crippen MR) is 92.3 cm³/mol. The summed E-state index contributed by atoms with van der Waals surface area (Å²) in [6, 6.07) is 13.7. The normalized spacial score (nSPS) is 17.0. The molecule has 1 fully saturated rings. The van der Waals surface area contributed by atoms with Crippen LogP contribution in [-0.4, -0.2) is 21.1 Å². The summed E-state index contributed by atoms with van der Waals surface area (Å²) < 4.78 is 7.14. The van der Waals surface area contributed by atoms with Gasteiger partial charge in [-0.05, 0) is 18.9 Å². The van der Waals surface area contributed by atoms with Gasteiger partial charge in [0.25, 0.3) is 5.69 Å². The quantitative estimate of drug-likeness (QED) is 0.540. The summed E-state index contributed by atoms with van der Waals surface area (Å²) in [6.45, 7) is 0.589. The SMILES string of the molecule is O=c1nc(-c2ccccc2)c2cc([N+](=O)[O-])ccc2n1C1CCCO1. The largest absolute Gasteiger partial charge is 0.358 e. The molecule has 1 aliphatic rings. The van der Waals surface area contributed by atoms with E-state index in [9.17, 15) is 14.9 Å². The van der Waals surface area contributed by atoms with Crippen molar-refractivity contribution in [1.29, 1.82) is 0 Å². The van der Waals surface area contributed by atoms with Crippen molar-refractivity contribution in [2.75, 3.05) is 6.61 Å². The van der Waals surface area contributed by atoms with E-state index < -0.39 is 10.6 Å². The molecule has 0 spiro atoms. The predicted octanol–water partition coefficient (Wildman–Crippen LogP) is 3.28. The zero-order valence-corrected chi connectivity index (χ0v) is 13.3. The monoisotopic (exact) mass is 337 g/mol. The van der Waals surface area contributed by atoms with Crippen LogP contribution in [0.4, 0.5) is 5.69 Å². The minimum absolute atomic E-state index is 0.0379. The maximum absolute atomic E-state index is 12.7. The molecule has 4 rings (SSSR count). The molecule has 2 aromatic carbocycles. The summed E-state index contributed by atoms with van der Waals surface area (Å²) in [6.07, 6.45) is 1.21. The van der Waals surface area contributed by atoms with Crippen LogP contribution >= 0.6 is 0 Å². The fourth-order valence-corrected chi connectivity index (χ4v) is 3.21. The van der Waals surface area contributed by atoms with E-state index >= 15 is 0 Å². The number of non-ortho nitro benzene ring substituents is 1. The molecule has 1 saturated heterocycles. The van der Waals surface area contributed by atoms with Gasteiger partial charge in [-0.3, -0.25) is 14.7 Å². The molecule has 0 aliphatic carbocycles. The Morgan fingerprint density at radius 1 is 1.20 bits per heavy atom. The van der Waals surface area contributed by atoms with Crippen LogP contribution in [0.1, 0.15) is 19.1 Å². The van der Waals surface area contributed by atoms with Gasteiger partial charge in [0.2, 0.25) is 0 Å². The Balaban J connectivity index is 2.05. The number of fused-ring (bicyclic) bond motifs is 1. The van der Waals surface area contributed by atoms with Gasteiger partial charge in [0, 0.05) is 29.7 Å². The maximum atomic E-state index is 12.7. The van der Waals surface area contributed by atoms with Gasteiger partial charge in [-0.2, -0.15) is 4.98 Å². The molecule has 0 N–H and O–H groups in total. The second kappa shape index (κ2) is 6.10. The van der Waals surface area contributed by atoms with Crippen LogP contribution in [0, 0.1) is 10.1 Å². The highest BCUT2D eigenvalue weighted by molar-refractivity contribution is 5.93. The van der Waals surface area contributed by atoms with Crippen molar-refractivity contribution in [3.8, 4) is 11.3 Å². The van der Waals surface area contributed by atoms with Crippen molar-refractivity contribution in [3.63, 3.8) is 0 Å². The highest BCUT2D eigenvalue weighted by Crippen LogP contribution is 2.31. The lowest BCUT2D eigenvalue weighted by molar-refractivity contribution is -0.384. The minimum Gasteiger partial charge on any atom is -0.358 e. The van der Waals surface area contributed by atoms with Crippen molar-refractivity contribution >= 4 is 16.6 Å². The van der Waals surface area contributed by atoms with Crippen molar-refractivity contribution < 1.29 is 9.66 Å². The van der Waals surface area contributed by atoms with Crippen LogP contribution in [0.5, 0.6) is 0 Å². The first kappa shape index (κ1) is 15.5. The molecule has 7 heteroatoms. The number of rotatable bonds is 3. The molecule has 0 amide bonds. The van der Waals surface area contributed by atoms with Gasteiger partial charge in [0.05, 0.1) is 16.1 Å². The van der Waals surface area contributed by atoms with Gasteiger partial charge in [-0.15, -0.1) is 0 Å². The van der Waals surface area contributed by atoms with E-state index in [1.165, 1.54) is 16.7 Å². The van der Waals surface area contributed by atoms with E-state index in [-0.39, 0.29) is 11.9 Å². The van der Waals surface area contributed by atoms with Crippen molar-refractivity contribution in [1.82, 2.24) is 9.55 Å². The highest BCUT2D eigenvalue weighted by Gasteiger charge is 2.23. The number of nitro groups is 1. The molecule has 7 nitrogen and oxygen atoms in total. The third-order valence-electron chi connectivity index (χ3n) is 4.36. The maximum Gasteiger partial charge on any atom is 0.350 e. The Morgan fingerprint density at radius 2 is 2.00 bits per heavy atom. The standard InChI is InChI=1S/C18H15N3O4/c22-18-19-17(12-5-2-1-3-6-12)14-11-13(21(23)24)8-9-15(14)20(18)16-7-4-10-25-16/h1-3,5-6,8-9,11,16H,4,7,10H2. The molecule has 126 valence electrons. The van der Waals surface area contributed by atoms with Crippen molar-refractivity contribution in [2.24, 2.45) is 0 Å². The third kappa shape index (κ3) is 2.68. The van der Waals surface area contributed by atoms with Gasteiger partial charge in [0.15, 0.2) is 0 Å². The molecule has 1 unspecified atom stereocenters.